The number of carbonyl (C=O) groups is 1. The van der Waals surface area contributed by atoms with Crippen molar-refractivity contribution in [3.8, 4) is 11.5 Å². The Morgan fingerprint density at radius 2 is 2.20 bits per heavy atom. The highest BCUT2D eigenvalue weighted by Crippen LogP contribution is 2.06. The minimum Gasteiger partial charge on any atom is -0.477 e. The van der Waals surface area contributed by atoms with Gasteiger partial charge >= 0.3 is 5.97 Å². The first-order valence-electron chi connectivity index (χ1n) is 3.89. The second-order valence-corrected chi connectivity index (χ2v) is 2.66. The molecule has 0 aromatic carbocycles. The van der Waals surface area contributed by atoms with Crippen LogP contribution < -0.4 is 5.56 Å². The smallest absolute Gasteiger partial charge is 0.341 e. The van der Waals surface area contributed by atoms with E-state index in [0.717, 1.165) is 0 Å². The molecule has 2 rings (SSSR count). The second kappa shape index (κ2) is 3.33. The van der Waals surface area contributed by atoms with Crippen LogP contribution in [0.2, 0.25) is 0 Å². The van der Waals surface area contributed by atoms with E-state index >= 15 is 0 Å². The van der Waals surface area contributed by atoms with Gasteiger partial charge in [0.05, 0.1) is 5.69 Å². The molecule has 8 nitrogen and oxygen atoms in total. The lowest BCUT2D eigenvalue weighted by Crippen LogP contribution is -2.17. The maximum atomic E-state index is 11.3. The van der Waals surface area contributed by atoms with Crippen molar-refractivity contribution < 1.29 is 9.90 Å². The molecule has 15 heavy (non-hydrogen) atoms. The summed E-state index contributed by atoms with van der Waals surface area (Å²) < 4.78 is 0. The highest BCUT2D eigenvalue weighted by molar-refractivity contribution is 5.87. The van der Waals surface area contributed by atoms with Gasteiger partial charge in [0, 0.05) is 0 Å². The molecule has 0 saturated heterocycles. The Morgan fingerprint density at radius 3 is 2.73 bits per heavy atom. The molecule has 0 aliphatic heterocycles. The van der Waals surface area contributed by atoms with Crippen molar-refractivity contribution in [3.63, 3.8) is 0 Å². The summed E-state index contributed by atoms with van der Waals surface area (Å²) in [5, 5.41) is 21.4. The van der Waals surface area contributed by atoms with Crippen LogP contribution >= 0.6 is 0 Å². The predicted molar refractivity (Wildman–Crippen MR) is 47.2 cm³/mol. The monoisotopic (exact) mass is 207 g/mol. The molecule has 0 amide bonds. The predicted octanol–water partition coefficient (Wildman–Crippen LogP) is -0.747. The zero-order valence-corrected chi connectivity index (χ0v) is 7.26. The fourth-order valence-corrected chi connectivity index (χ4v) is 1.05. The number of aromatic amines is 2. The number of nitrogens with zero attached hydrogens (tertiary/aromatic N) is 3. The molecule has 2 aromatic rings. The Bertz CT molecular complexity index is 544. The van der Waals surface area contributed by atoms with Crippen LogP contribution in [0.3, 0.4) is 0 Å². The third-order valence-electron chi connectivity index (χ3n) is 1.73. The fraction of sp³-hybridized carbons (Fsp3) is 0. The molecule has 0 atom stereocenters. The van der Waals surface area contributed by atoms with Crippen molar-refractivity contribution in [1.29, 1.82) is 0 Å². The summed E-state index contributed by atoms with van der Waals surface area (Å²) in [7, 11) is 0. The molecule has 0 aliphatic carbocycles. The SMILES string of the molecule is O=C(O)c1ccc(-c2nn[nH]n2)[nH]c1=O. The van der Waals surface area contributed by atoms with E-state index < -0.39 is 11.5 Å². The first kappa shape index (κ1) is 9.06. The van der Waals surface area contributed by atoms with E-state index in [9.17, 15) is 9.59 Å². The van der Waals surface area contributed by atoms with E-state index in [4.69, 9.17) is 5.11 Å². The molecule has 0 fully saturated rings. The van der Waals surface area contributed by atoms with Gasteiger partial charge in [0.2, 0.25) is 5.82 Å². The number of H-pyrrole nitrogens is 2. The Kier molecular flexibility index (Phi) is 2.01. The maximum absolute atomic E-state index is 11.3. The summed E-state index contributed by atoms with van der Waals surface area (Å²) in [6.07, 6.45) is 0. The minimum absolute atomic E-state index is 0.198. The first-order chi connectivity index (χ1) is 7.18. The standard InChI is InChI=1S/C7H5N5O3/c13-6-3(7(14)15)1-2-4(8-6)5-9-11-12-10-5/h1-2H,(H,8,13)(H,14,15)(H,9,10,11,12). The Hall–Kier alpha value is -2.51. The molecule has 0 radical (unpaired) electrons. The summed E-state index contributed by atoms with van der Waals surface area (Å²) in [5.41, 5.74) is -0.731. The molecule has 8 heteroatoms. The average molecular weight is 207 g/mol. The molecular formula is C7H5N5O3. The molecule has 2 aromatic heterocycles. The van der Waals surface area contributed by atoms with Crippen molar-refractivity contribution in [2.45, 2.75) is 0 Å². The van der Waals surface area contributed by atoms with Gasteiger partial charge in [-0.2, -0.15) is 5.21 Å². The molecular weight excluding hydrogens is 202 g/mol. The third-order valence-corrected chi connectivity index (χ3v) is 1.73. The Balaban J connectivity index is 2.52. The summed E-state index contributed by atoms with van der Waals surface area (Å²) in [6.45, 7) is 0. The number of aromatic carboxylic acids is 1. The number of rotatable bonds is 2. The number of carboxylic acid groups (broad SMARTS) is 1. The van der Waals surface area contributed by atoms with Gasteiger partial charge in [-0.25, -0.2) is 4.79 Å². The zero-order valence-electron chi connectivity index (χ0n) is 7.26. The second-order valence-electron chi connectivity index (χ2n) is 2.66. The first-order valence-corrected chi connectivity index (χ1v) is 3.89. The van der Waals surface area contributed by atoms with Crippen LogP contribution in [0.25, 0.3) is 11.5 Å². The molecule has 0 bridgehead atoms. The van der Waals surface area contributed by atoms with Crippen LogP contribution in [-0.4, -0.2) is 36.7 Å². The van der Waals surface area contributed by atoms with E-state index in [1.807, 2.05) is 0 Å². The number of hydrogen-bond acceptors (Lipinski definition) is 5. The summed E-state index contributed by atoms with van der Waals surface area (Å²) in [6, 6.07) is 2.59. The Labute approximate surface area is 82.0 Å². The number of hydrogen-bond donors (Lipinski definition) is 3. The maximum Gasteiger partial charge on any atom is 0.341 e. The largest absolute Gasteiger partial charge is 0.477 e. The van der Waals surface area contributed by atoms with Crippen LogP contribution in [0.4, 0.5) is 0 Å². The number of tetrazole rings is 1. The van der Waals surface area contributed by atoms with Crippen molar-refractivity contribution >= 4 is 5.97 Å². The lowest BCUT2D eigenvalue weighted by atomic mass is 10.2. The van der Waals surface area contributed by atoms with Gasteiger partial charge in [-0.05, 0) is 17.3 Å². The number of nitrogens with one attached hydrogen (secondary N) is 2. The van der Waals surface area contributed by atoms with E-state index in [0.29, 0.717) is 5.69 Å². The van der Waals surface area contributed by atoms with Crippen LogP contribution in [0.5, 0.6) is 0 Å². The summed E-state index contributed by atoms with van der Waals surface area (Å²) in [4.78, 5) is 24.1. The van der Waals surface area contributed by atoms with Crippen molar-refractivity contribution in [1.82, 2.24) is 25.6 Å². The van der Waals surface area contributed by atoms with Crippen molar-refractivity contribution in [2.75, 3.05) is 0 Å². The van der Waals surface area contributed by atoms with Gasteiger partial charge in [0.15, 0.2) is 0 Å². The van der Waals surface area contributed by atoms with E-state index in [1.54, 1.807) is 0 Å². The van der Waals surface area contributed by atoms with Crippen LogP contribution in [0.15, 0.2) is 16.9 Å². The van der Waals surface area contributed by atoms with Crippen LogP contribution in [0, 0.1) is 0 Å². The van der Waals surface area contributed by atoms with Gasteiger partial charge in [0.25, 0.3) is 5.56 Å². The molecule has 0 spiro atoms. The van der Waals surface area contributed by atoms with Crippen LogP contribution in [0.1, 0.15) is 10.4 Å². The average Bonchev–Trinajstić information content (AvgIpc) is 2.69. The van der Waals surface area contributed by atoms with E-state index in [1.165, 1.54) is 12.1 Å². The van der Waals surface area contributed by atoms with Crippen LogP contribution in [-0.2, 0) is 0 Å². The van der Waals surface area contributed by atoms with Gasteiger partial charge in [0.1, 0.15) is 5.56 Å². The number of carboxylic acids is 1. The zero-order chi connectivity index (χ0) is 10.8. The lowest BCUT2D eigenvalue weighted by Gasteiger charge is -1.95. The van der Waals surface area contributed by atoms with Gasteiger partial charge in [-0.3, -0.25) is 4.79 Å². The van der Waals surface area contributed by atoms with E-state index in [2.05, 4.69) is 25.6 Å². The normalized spacial score (nSPS) is 10.1. The van der Waals surface area contributed by atoms with Gasteiger partial charge in [-0.1, -0.05) is 0 Å². The quantitative estimate of drug-likeness (QED) is 0.595. The topological polar surface area (TPSA) is 125 Å². The van der Waals surface area contributed by atoms with Crippen molar-refractivity contribution in [3.05, 3.63) is 28.0 Å². The molecule has 2 heterocycles. The van der Waals surface area contributed by atoms with E-state index in [-0.39, 0.29) is 11.4 Å². The van der Waals surface area contributed by atoms with Crippen molar-refractivity contribution in [2.24, 2.45) is 0 Å². The molecule has 3 N–H and O–H groups in total. The molecule has 0 unspecified atom stereocenters. The molecule has 76 valence electrons. The minimum atomic E-state index is -1.28. The Morgan fingerprint density at radius 1 is 1.40 bits per heavy atom. The number of pyridine rings is 1. The highest BCUT2D eigenvalue weighted by atomic mass is 16.4. The molecule has 0 saturated carbocycles. The molecule has 0 aliphatic rings. The highest BCUT2D eigenvalue weighted by Gasteiger charge is 2.10. The van der Waals surface area contributed by atoms with Gasteiger partial charge in [-0.15, -0.1) is 10.2 Å². The lowest BCUT2D eigenvalue weighted by molar-refractivity contribution is 0.0695. The third kappa shape index (κ3) is 1.59. The summed E-state index contributed by atoms with van der Waals surface area (Å²) in [5.74, 6) is -1.08. The van der Waals surface area contributed by atoms with Gasteiger partial charge < -0.3 is 10.1 Å². The fourth-order valence-electron chi connectivity index (χ4n) is 1.05. The number of aromatic nitrogens is 5. The summed E-state index contributed by atoms with van der Waals surface area (Å²) >= 11 is 0.